The Hall–Kier alpha value is -2.18. The molecule has 0 aromatic heterocycles. The van der Waals surface area contributed by atoms with Crippen LogP contribution in [0.1, 0.15) is 23.6 Å². The van der Waals surface area contributed by atoms with Crippen LogP contribution >= 0.6 is 0 Å². The molecule has 0 aliphatic heterocycles. The summed E-state index contributed by atoms with van der Waals surface area (Å²) in [6.45, 7) is 5.97. The average Bonchev–Trinajstić information content (AvgIpc) is 2.61. The number of likely N-dealkylation sites (N-methyl/N-ethyl adjacent to an activating group) is 1. The summed E-state index contributed by atoms with van der Waals surface area (Å²) < 4.78 is 27.7. The van der Waals surface area contributed by atoms with E-state index in [9.17, 15) is 13.2 Å². The molecule has 0 radical (unpaired) electrons. The summed E-state index contributed by atoms with van der Waals surface area (Å²) in [7, 11) is -3.77. The molecule has 5 nitrogen and oxygen atoms in total. The van der Waals surface area contributed by atoms with Gasteiger partial charge in [-0.05, 0) is 49.9 Å². The van der Waals surface area contributed by atoms with Crippen molar-refractivity contribution in [2.75, 3.05) is 19.6 Å². The van der Waals surface area contributed by atoms with E-state index in [4.69, 9.17) is 0 Å². The topological polar surface area (TPSA) is 66.5 Å². The lowest BCUT2D eigenvalue weighted by atomic mass is 10.1. The van der Waals surface area contributed by atoms with Crippen molar-refractivity contribution in [3.63, 3.8) is 0 Å². The summed E-state index contributed by atoms with van der Waals surface area (Å²) in [6, 6.07) is 15.0. The molecule has 1 N–H and O–H groups in total. The summed E-state index contributed by atoms with van der Waals surface area (Å²) in [6.07, 6.45) is 0.546. The highest BCUT2D eigenvalue weighted by Gasteiger charge is 2.27. The number of hydrogen-bond acceptors (Lipinski definition) is 3. The van der Waals surface area contributed by atoms with E-state index in [0.29, 0.717) is 18.5 Å². The van der Waals surface area contributed by atoms with E-state index in [1.165, 1.54) is 4.31 Å². The zero-order chi connectivity index (χ0) is 19.2. The number of nitrogens with zero attached hydrogens (tertiary/aromatic N) is 1. The number of nitrogens with one attached hydrogen (secondary N) is 1. The molecule has 6 heteroatoms. The van der Waals surface area contributed by atoms with Crippen LogP contribution in [0.2, 0.25) is 0 Å². The summed E-state index contributed by atoms with van der Waals surface area (Å²) in [5.74, 6) is -0.297. The standard InChI is InChI=1S/C20H26N2O3S/c1-4-21-20(23)15-22(13-12-18-8-6-5-7-9-18)26(24,25)19-14-16(2)10-11-17(19)3/h5-11,14H,4,12-13,15H2,1-3H3,(H,21,23). The number of benzene rings is 2. The van der Waals surface area contributed by atoms with Crippen molar-refractivity contribution in [2.24, 2.45) is 0 Å². The second kappa shape index (κ2) is 8.96. The van der Waals surface area contributed by atoms with Crippen molar-refractivity contribution in [3.8, 4) is 0 Å². The number of hydrogen-bond donors (Lipinski definition) is 1. The van der Waals surface area contributed by atoms with Gasteiger partial charge in [0.1, 0.15) is 0 Å². The minimum atomic E-state index is -3.77. The number of aryl methyl sites for hydroxylation is 2. The molecule has 0 unspecified atom stereocenters. The molecule has 26 heavy (non-hydrogen) atoms. The molecule has 0 spiro atoms. The van der Waals surface area contributed by atoms with Crippen LogP contribution in [0.5, 0.6) is 0 Å². The van der Waals surface area contributed by atoms with Crippen molar-refractivity contribution in [1.82, 2.24) is 9.62 Å². The van der Waals surface area contributed by atoms with Gasteiger partial charge in [0.05, 0.1) is 11.4 Å². The second-order valence-electron chi connectivity index (χ2n) is 6.30. The molecule has 0 aliphatic rings. The Balaban J connectivity index is 2.31. The van der Waals surface area contributed by atoms with Crippen LogP contribution in [-0.4, -0.2) is 38.3 Å². The Bertz CT molecular complexity index is 849. The summed E-state index contributed by atoms with van der Waals surface area (Å²) >= 11 is 0. The first-order valence-electron chi connectivity index (χ1n) is 8.72. The Morgan fingerprint density at radius 3 is 2.42 bits per heavy atom. The normalized spacial score (nSPS) is 11.5. The number of sulfonamides is 1. The lowest BCUT2D eigenvalue weighted by molar-refractivity contribution is -0.121. The molecule has 2 aromatic carbocycles. The summed E-state index contributed by atoms with van der Waals surface area (Å²) in [5, 5.41) is 2.68. The van der Waals surface area contributed by atoms with Crippen LogP contribution in [0.4, 0.5) is 0 Å². The van der Waals surface area contributed by atoms with Gasteiger partial charge in [-0.15, -0.1) is 0 Å². The van der Waals surface area contributed by atoms with Gasteiger partial charge in [-0.1, -0.05) is 42.5 Å². The first-order chi connectivity index (χ1) is 12.3. The highest BCUT2D eigenvalue weighted by molar-refractivity contribution is 7.89. The predicted octanol–water partition coefficient (Wildman–Crippen LogP) is 2.67. The molecule has 1 amide bonds. The van der Waals surface area contributed by atoms with Gasteiger partial charge in [-0.2, -0.15) is 4.31 Å². The van der Waals surface area contributed by atoms with Crippen LogP contribution in [0.3, 0.4) is 0 Å². The van der Waals surface area contributed by atoms with Crippen LogP contribution in [-0.2, 0) is 21.2 Å². The van der Waals surface area contributed by atoms with E-state index in [-0.39, 0.29) is 23.9 Å². The number of amides is 1. The van der Waals surface area contributed by atoms with E-state index >= 15 is 0 Å². The van der Waals surface area contributed by atoms with Gasteiger partial charge >= 0.3 is 0 Å². The molecular formula is C20H26N2O3S. The molecule has 0 aliphatic carbocycles. The van der Waals surface area contributed by atoms with Gasteiger partial charge in [0.2, 0.25) is 15.9 Å². The first-order valence-corrected chi connectivity index (χ1v) is 10.2. The minimum absolute atomic E-state index is 0.184. The fourth-order valence-electron chi connectivity index (χ4n) is 2.72. The zero-order valence-corrected chi connectivity index (χ0v) is 16.3. The molecule has 0 atom stereocenters. The van der Waals surface area contributed by atoms with E-state index < -0.39 is 10.0 Å². The van der Waals surface area contributed by atoms with Crippen molar-refractivity contribution >= 4 is 15.9 Å². The van der Waals surface area contributed by atoms with Crippen molar-refractivity contribution in [2.45, 2.75) is 32.1 Å². The SMILES string of the molecule is CCNC(=O)CN(CCc1ccccc1)S(=O)(=O)c1cc(C)ccc1C. The number of carbonyl (C=O) groups is 1. The molecule has 140 valence electrons. The number of rotatable bonds is 8. The molecule has 2 aromatic rings. The highest BCUT2D eigenvalue weighted by atomic mass is 32.2. The van der Waals surface area contributed by atoms with Crippen molar-refractivity contribution < 1.29 is 13.2 Å². The van der Waals surface area contributed by atoms with Gasteiger partial charge in [0, 0.05) is 13.1 Å². The van der Waals surface area contributed by atoms with E-state index in [2.05, 4.69) is 5.32 Å². The van der Waals surface area contributed by atoms with E-state index in [1.54, 1.807) is 19.1 Å². The number of carbonyl (C=O) groups excluding carboxylic acids is 1. The van der Waals surface area contributed by atoms with Crippen LogP contribution in [0.15, 0.2) is 53.4 Å². The van der Waals surface area contributed by atoms with E-state index in [1.807, 2.05) is 50.2 Å². The van der Waals surface area contributed by atoms with E-state index in [0.717, 1.165) is 11.1 Å². The molecule has 0 bridgehead atoms. The lowest BCUT2D eigenvalue weighted by Gasteiger charge is -2.23. The fraction of sp³-hybridized carbons (Fsp3) is 0.350. The third kappa shape index (κ3) is 5.16. The van der Waals surface area contributed by atoms with Gasteiger partial charge in [-0.3, -0.25) is 4.79 Å². The quantitative estimate of drug-likeness (QED) is 0.772. The van der Waals surface area contributed by atoms with Crippen LogP contribution in [0.25, 0.3) is 0 Å². The minimum Gasteiger partial charge on any atom is -0.355 e. The van der Waals surface area contributed by atoms with Gasteiger partial charge in [0.15, 0.2) is 0 Å². The van der Waals surface area contributed by atoms with Gasteiger partial charge in [0.25, 0.3) is 0 Å². The Morgan fingerprint density at radius 1 is 1.08 bits per heavy atom. The average molecular weight is 375 g/mol. The fourth-order valence-corrected chi connectivity index (χ4v) is 4.43. The monoisotopic (exact) mass is 374 g/mol. The molecule has 2 rings (SSSR count). The van der Waals surface area contributed by atoms with Gasteiger partial charge < -0.3 is 5.32 Å². The first kappa shape index (κ1) is 20.1. The second-order valence-corrected chi connectivity index (χ2v) is 8.20. The Labute approximate surface area is 156 Å². The lowest BCUT2D eigenvalue weighted by Crippen LogP contribution is -2.41. The van der Waals surface area contributed by atoms with Crippen LogP contribution in [0, 0.1) is 13.8 Å². The van der Waals surface area contributed by atoms with Crippen molar-refractivity contribution in [1.29, 1.82) is 0 Å². The molecular weight excluding hydrogens is 348 g/mol. The largest absolute Gasteiger partial charge is 0.355 e. The maximum Gasteiger partial charge on any atom is 0.243 e. The maximum atomic E-state index is 13.2. The third-order valence-electron chi connectivity index (χ3n) is 4.15. The zero-order valence-electron chi connectivity index (χ0n) is 15.5. The maximum absolute atomic E-state index is 13.2. The highest BCUT2D eigenvalue weighted by Crippen LogP contribution is 2.21. The van der Waals surface area contributed by atoms with Crippen molar-refractivity contribution in [3.05, 3.63) is 65.2 Å². The smallest absolute Gasteiger partial charge is 0.243 e. The summed E-state index contributed by atoms with van der Waals surface area (Å²) in [4.78, 5) is 12.3. The van der Waals surface area contributed by atoms with Crippen LogP contribution < -0.4 is 5.32 Å². The molecule has 0 saturated carbocycles. The third-order valence-corrected chi connectivity index (χ3v) is 6.14. The summed E-state index contributed by atoms with van der Waals surface area (Å²) in [5.41, 5.74) is 2.58. The Morgan fingerprint density at radius 2 is 1.77 bits per heavy atom. The molecule has 0 saturated heterocycles. The van der Waals surface area contributed by atoms with Gasteiger partial charge in [-0.25, -0.2) is 8.42 Å². The molecule has 0 fully saturated rings. The Kier molecular flexibility index (Phi) is 6.94. The molecule has 0 heterocycles. The predicted molar refractivity (Wildman–Crippen MR) is 104 cm³/mol.